The van der Waals surface area contributed by atoms with E-state index in [1.165, 1.54) is 105 Å². The van der Waals surface area contributed by atoms with Gasteiger partial charge < -0.3 is 9.80 Å². The third-order valence-corrected chi connectivity index (χ3v) is 17.3. The summed E-state index contributed by atoms with van der Waals surface area (Å²) in [6, 6.07) is 123. The van der Waals surface area contributed by atoms with E-state index in [0.717, 1.165) is 28.4 Å². The van der Waals surface area contributed by atoms with Crippen LogP contribution in [0, 0.1) is 0 Å². The Bertz CT molecular complexity index is 4640. The molecule has 436 valence electrons. The second-order valence-electron chi connectivity index (χ2n) is 25.3. The molecule has 14 rings (SSSR count). The Labute approximate surface area is 532 Å². The van der Waals surface area contributed by atoms with Crippen LogP contribution in [0.3, 0.4) is 0 Å². The highest BCUT2D eigenvalue weighted by molar-refractivity contribution is 6.13. The molecule has 0 fully saturated rings. The molecule has 0 radical (unpaired) electrons. The van der Waals surface area contributed by atoms with Crippen molar-refractivity contribution in [3.05, 3.63) is 351 Å². The van der Waals surface area contributed by atoms with Crippen molar-refractivity contribution in [2.24, 2.45) is 0 Å². The number of rotatable bonds is 12. The second kappa shape index (κ2) is 25.5. The zero-order valence-electron chi connectivity index (χ0n) is 52.2. The average molecular weight is 1160 g/mol. The monoisotopic (exact) mass is 1160 g/mol. The van der Waals surface area contributed by atoms with Crippen molar-refractivity contribution in [1.29, 1.82) is 0 Å². The SMILES string of the molecule is CC(C)(C)c1ccc(N(c2ccc(C(C)(C)C)cc2)c2cc(-c3ccccc3)c(-c3ccccc3)c3ccccc23)cc1.c1ccc(-c2ccc(N(c3ccccc3-c3ccccc3)c3cc(-c4ccccc4)c(-c4ccccc4)c4ccccc34)cc2)cc1. The molecule has 0 bridgehead atoms. The topological polar surface area (TPSA) is 6.48 Å². The van der Waals surface area contributed by atoms with Gasteiger partial charge in [0, 0.05) is 33.4 Å². The maximum Gasteiger partial charge on any atom is 0.0546 e. The van der Waals surface area contributed by atoms with Gasteiger partial charge in [0.15, 0.2) is 0 Å². The van der Waals surface area contributed by atoms with Crippen LogP contribution in [0.4, 0.5) is 34.1 Å². The lowest BCUT2D eigenvalue weighted by molar-refractivity contribution is 0.590. The smallest absolute Gasteiger partial charge is 0.0546 e. The average Bonchev–Trinajstić information content (AvgIpc) is 0.837. The van der Waals surface area contributed by atoms with Crippen molar-refractivity contribution < 1.29 is 0 Å². The predicted molar refractivity (Wildman–Crippen MR) is 387 cm³/mol. The number of benzene rings is 14. The summed E-state index contributed by atoms with van der Waals surface area (Å²) in [7, 11) is 0. The molecule has 14 aromatic rings. The maximum absolute atomic E-state index is 2.45. The molecule has 0 heterocycles. The molecule has 0 spiro atoms. The fraction of sp³-hybridized carbons (Fsp3) is 0.0909. The molecule has 0 N–H and O–H groups in total. The minimum atomic E-state index is 0.0855. The van der Waals surface area contributed by atoms with Gasteiger partial charge in [-0.1, -0.05) is 327 Å². The van der Waals surface area contributed by atoms with Gasteiger partial charge in [0.2, 0.25) is 0 Å². The molecule has 0 atom stereocenters. The van der Waals surface area contributed by atoms with Crippen molar-refractivity contribution in [3.63, 3.8) is 0 Å². The van der Waals surface area contributed by atoms with Crippen LogP contribution in [0.25, 0.3) is 88.3 Å². The number of anilines is 6. The molecule has 0 unspecified atom stereocenters. The summed E-state index contributed by atoms with van der Waals surface area (Å²) in [5.74, 6) is 0. The molecule has 0 aliphatic rings. The van der Waals surface area contributed by atoms with E-state index in [0.29, 0.717) is 0 Å². The third-order valence-electron chi connectivity index (χ3n) is 17.3. The third kappa shape index (κ3) is 12.1. The summed E-state index contributed by atoms with van der Waals surface area (Å²) >= 11 is 0. The fourth-order valence-corrected chi connectivity index (χ4v) is 12.6. The summed E-state index contributed by atoms with van der Waals surface area (Å²) in [4.78, 5) is 4.88. The summed E-state index contributed by atoms with van der Waals surface area (Å²) < 4.78 is 0. The van der Waals surface area contributed by atoms with Gasteiger partial charge in [-0.3, -0.25) is 0 Å². The van der Waals surface area contributed by atoms with Crippen molar-refractivity contribution >= 4 is 55.7 Å². The predicted octanol–water partition coefficient (Wildman–Crippen LogP) is 25.2. The Kier molecular flexibility index (Phi) is 16.5. The van der Waals surface area contributed by atoms with Crippen LogP contribution >= 0.6 is 0 Å². The van der Waals surface area contributed by atoms with E-state index in [9.17, 15) is 0 Å². The summed E-state index contributed by atoms with van der Waals surface area (Å²) in [5.41, 5.74) is 24.2. The molecule has 90 heavy (non-hydrogen) atoms. The second-order valence-corrected chi connectivity index (χ2v) is 25.3. The van der Waals surface area contributed by atoms with Crippen LogP contribution in [0.1, 0.15) is 52.7 Å². The quantitative estimate of drug-likeness (QED) is 0.120. The molecule has 0 amide bonds. The zero-order valence-corrected chi connectivity index (χ0v) is 52.2. The summed E-state index contributed by atoms with van der Waals surface area (Å²) in [6.07, 6.45) is 0. The Morgan fingerprint density at radius 3 is 0.867 bits per heavy atom. The number of nitrogens with zero attached hydrogens (tertiary/aromatic N) is 2. The van der Waals surface area contributed by atoms with Crippen LogP contribution in [0.2, 0.25) is 0 Å². The number of hydrogen-bond donors (Lipinski definition) is 0. The van der Waals surface area contributed by atoms with Crippen LogP contribution < -0.4 is 9.80 Å². The number of para-hydroxylation sites is 1. The lowest BCUT2D eigenvalue weighted by Gasteiger charge is -2.30. The van der Waals surface area contributed by atoms with Gasteiger partial charge in [0.25, 0.3) is 0 Å². The van der Waals surface area contributed by atoms with Gasteiger partial charge in [-0.2, -0.15) is 0 Å². The molecular formula is C88H74N2. The number of hydrogen-bond acceptors (Lipinski definition) is 2. The number of fused-ring (bicyclic) bond motifs is 2. The van der Waals surface area contributed by atoms with Crippen molar-refractivity contribution in [2.45, 2.75) is 52.4 Å². The molecular weight excluding hydrogens is 1080 g/mol. The molecule has 2 heteroatoms. The normalized spacial score (nSPS) is 11.4. The first-order valence-corrected chi connectivity index (χ1v) is 31.4. The fourth-order valence-electron chi connectivity index (χ4n) is 12.6. The van der Waals surface area contributed by atoms with Gasteiger partial charge in [-0.15, -0.1) is 0 Å². The minimum absolute atomic E-state index is 0.0855. The standard InChI is InChI=1S/C46H33N.C42H41N/c1-5-17-34(18-6-1)35-29-31-39(32-30-35)47(44-28-16-15-25-40(44)36-19-7-2-8-20-36)45-33-43(37-21-9-3-10-22-37)46(38-23-11-4-12-24-38)42-27-14-13-26-41(42)45;1-41(2,3)32-21-25-34(26-22-32)43(35-27-23-33(24-28-35)42(4,5)6)39-29-38(30-15-9-7-10-16-30)40(31-17-11-8-12-18-31)37-20-14-13-19-36(37)39/h1-33H;7-29H,1-6H3. The zero-order chi connectivity index (χ0) is 61.6. The highest BCUT2D eigenvalue weighted by Gasteiger charge is 2.26. The molecule has 0 saturated heterocycles. The summed E-state index contributed by atoms with van der Waals surface area (Å²) in [5, 5.41) is 4.88. The van der Waals surface area contributed by atoms with Crippen LogP contribution in [0.15, 0.2) is 340 Å². The Morgan fingerprint density at radius 2 is 0.478 bits per heavy atom. The van der Waals surface area contributed by atoms with E-state index in [1.54, 1.807) is 0 Å². The van der Waals surface area contributed by atoms with Crippen LogP contribution in [-0.4, -0.2) is 0 Å². The largest absolute Gasteiger partial charge is 0.310 e. The van der Waals surface area contributed by atoms with Gasteiger partial charge >= 0.3 is 0 Å². The highest BCUT2D eigenvalue weighted by atomic mass is 15.2. The Hall–Kier alpha value is -10.8. The molecule has 2 nitrogen and oxygen atoms in total. The van der Waals surface area contributed by atoms with E-state index in [4.69, 9.17) is 0 Å². The van der Waals surface area contributed by atoms with Crippen LogP contribution in [-0.2, 0) is 10.8 Å². The van der Waals surface area contributed by atoms with Gasteiger partial charge in [0.1, 0.15) is 0 Å². The molecule has 0 aliphatic carbocycles. The summed E-state index contributed by atoms with van der Waals surface area (Å²) in [6.45, 7) is 13.6. The Morgan fingerprint density at radius 1 is 0.200 bits per heavy atom. The molecule has 0 aliphatic heterocycles. The van der Waals surface area contributed by atoms with Crippen molar-refractivity contribution in [1.82, 2.24) is 0 Å². The van der Waals surface area contributed by atoms with Gasteiger partial charge in [-0.05, 0) is 149 Å². The minimum Gasteiger partial charge on any atom is -0.310 e. The van der Waals surface area contributed by atoms with Gasteiger partial charge in [0.05, 0.1) is 17.1 Å². The van der Waals surface area contributed by atoms with E-state index in [1.807, 2.05) is 0 Å². The first kappa shape index (κ1) is 58.2. The Balaban J connectivity index is 0.000000166. The van der Waals surface area contributed by atoms with Gasteiger partial charge in [-0.25, -0.2) is 0 Å². The van der Waals surface area contributed by atoms with Crippen LogP contribution in [0.5, 0.6) is 0 Å². The van der Waals surface area contributed by atoms with E-state index in [2.05, 4.69) is 391 Å². The first-order chi connectivity index (χ1) is 44.0. The maximum atomic E-state index is 2.45. The molecule has 14 aromatic carbocycles. The molecule has 0 aromatic heterocycles. The van der Waals surface area contributed by atoms with Crippen molar-refractivity contribution in [2.75, 3.05) is 9.80 Å². The highest BCUT2D eigenvalue weighted by Crippen LogP contribution is 2.50. The van der Waals surface area contributed by atoms with E-state index < -0.39 is 0 Å². The van der Waals surface area contributed by atoms with Crippen molar-refractivity contribution in [3.8, 4) is 66.8 Å². The van der Waals surface area contributed by atoms with E-state index >= 15 is 0 Å². The lowest BCUT2D eigenvalue weighted by atomic mass is 9.86. The first-order valence-electron chi connectivity index (χ1n) is 31.4. The molecule has 0 saturated carbocycles. The van der Waals surface area contributed by atoms with E-state index in [-0.39, 0.29) is 10.8 Å². The lowest BCUT2D eigenvalue weighted by Crippen LogP contribution is -2.15.